The SMILES string of the molecule is CCN(C)c1ccccc1NC(=O)NCC(c1cnn(C)c1)N(C)C. The number of urea groups is 1. The number of carbonyl (C=O) groups is 1. The van der Waals surface area contributed by atoms with E-state index in [0.29, 0.717) is 6.54 Å². The molecule has 0 fully saturated rings. The Morgan fingerprint density at radius 3 is 2.60 bits per heavy atom. The minimum Gasteiger partial charge on any atom is -0.373 e. The first kappa shape index (κ1) is 18.8. The molecule has 136 valence electrons. The van der Waals surface area contributed by atoms with Crippen LogP contribution in [0.5, 0.6) is 0 Å². The van der Waals surface area contributed by atoms with Crippen LogP contribution >= 0.6 is 0 Å². The lowest BCUT2D eigenvalue weighted by molar-refractivity contribution is 0.243. The van der Waals surface area contributed by atoms with Crippen LogP contribution in [0.1, 0.15) is 18.5 Å². The molecule has 1 atom stereocenters. The second kappa shape index (κ2) is 8.53. The quantitative estimate of drug-likeness (QED) is 0.809. The van der Waals surface area contributed by atoms with Gasteiger partial charge in [-0.05, 0) is 33.2 Å². The summed E-state index contributed by atoms with van der Waals surface area (Å²) >= 11 is 0. The average molecular weight is 344 g/mol. The Hall–Kier alpha value is -2.54. The highest BCUT2D eigenvalue weighted by Crippen LogP contribution is 2.24. The van der Waals surface area contributed by atoms with Gasteiger partial charge in [-0.2, -0.15) is 5.10 Å². The lowest BCUT2D eigenvalue weighted by Crippen LogP contribution is -2.37. The number of anilines is 2. The number of para-hydroxylation sites is 2. The zero-order valence-corrected chi connectivity index (χ0v) is 15.7. The monoisotopic (exact) mass is 344 g/mol. The Kier molecular flexibility index (Phi) is 6.41. The van der Waals surface area contributed by atoms with E-state index in [2.05, 4.69) is 32.5 Å². The molecule has 1 unspecified atom stereocenters. The van der Waals surface area contributed by atoms with Crippen molar-refractivity contribution in [1.29, 1.82) is 0 Å². The normalized spacial score (nSPS) is 12.1. The molecular weight excluding hydrogens is 316 g/mol. The number of amides is 2. The number of aromatic nitrogens is 2. The van der Waals surface area contributed by atoms with Crippen molar-refractivity contribution < 1.29 is 4.79 Å². The number of likely N-dealkylation sites (N-methyl/N-ethyl adjacent to an activating group) is 1. The number of hydrogen-bond donors (Lipinski definition) is 2. The molecule has 0 aliphatic heterocycles. The summed E-state index contributed by atoms with van der Waals surface area (Å²) in [6.45, 7) is 3.44. The van der Waals surface area contributed by atoms with E-state index in [1.54, 1.807) is 4.68 Å². The van der Waals surface area contributed by atoms with E-state index in [4.69, 9.17) is 0 Å². The number of carbonyl (C=O) groups excluding carboxylic acids is 1. The van der Waals surface area contributed by atoms with Crippen molar-refractivity contribution >= 4 is 17.4 Å². The summed E-state index contributed by atoms with van der Waals surface area (Å²) in [5.41, 5.74) is 2.86. The first-order chi connectivity index (χ1) is 11.9. The Balaban J connectivity index is 2.00. The topological polar surface area (TPSA) is 65.4 Å². The summed E-state index contributed by atoms with van der Waals surface area (Å²) in [7, 11) is 7.87. The number of hydrogen-bond acceptors (Lipinski definition) is 4. The third kappa shape index (κ3) is 4.96. The van der Waals surface area contributed by atoms with E-state index in [1.807, 2.05) is 64.8 Å². The fourth-order valence-electron chi connectivity index (χ4n) is 2.65. The van der Waals surface area contributed by atoms with Crippen molar-refractivity contribution in [2.45, 2.75) is 13.0 Å². The van der Waals surface area contributed by atoms with Crippen molar-refractivity contribution in [2.75, 3.05) is 44.4 Å². The van der Waals surface area contributed by atoms with Gasteiger partial charge in [-0.1, -0.05) is 12.1 Å². The first-order valence-electron chi connectivity index (χ1n) is 8.42. The molecular formula is C18H28N6O. The van der Waals surface area contributed by atoms with E-state index in [-0.39, 0.29) is 12.1 Å². The summed E-state index contributed by atoms with van der Waals surface area (Å²) in [6.07, 6.45) is 3.80. The predicted molar refractivity (Wildman–Crippen MR) is 102 cm³/mol. The lowest BCUT2D eigenvalue weighted by Gasteiger charge is -2.24. The number of rotatable bonds is 7. The average Bonchev–Trinajstić information content (AvgIpc) is 3.00. The van der Waals surface area contributed by atoms with Crippen LogP contribution in [0.4, 0.5) is 16.2 Å². The summed E-state index contributed by atoms with van der Waals surface area (Å²) in [4.78, 5) is 16.5. The molecule has 2 N–H and O–H groups in total. The molecule has 7 nitrogen and oxygen atoms in total. The molecule has 0 aliphatic carbocycles. The van der Waals surface area contributed by atoms with Crippen LogP contribution in [0.25, 0.3) is 0 Å². The summed E-state index contributed by atoms with van der Waals surface area (Å²) in [5.74, 6) is 0. The Labute approximate surface area is 149 Å². The van der Waals surface area contributed by atoms with E-state index in [9.17, 15) is 4.79 Å². The van der Waals surface area contributed by atoms with Gasteiger partial charge in [0.1, 0.15) is 0 Å². The molecule has 2 amide bonds. The van der Waals surface area contributed by atoms with Gasteiger partial charge >= 0.3 is 6.03 Å². The van der Waals surface area contributed by atoms with Crippen molar-refractivity contribution in [3.05, 3.63) is 42.2 Å². The van der Waals surface area contributed by atoms with Gasteiger partial charge in [0.05, 0.1) is 23.6 Å². The van der Waals surface area contributed by atoms with Crippen molar-refractivity contribution in [3.63, 3.8) is 0 Å². The molecule has 25 heavy (non-hydrogen) atoms. The van der Waals surface area contributed by atoms with Crippen LogP contribution < -0.4 is 15.5 Å². The maximum atomic E-state index is 12.4. The molecule has 7 heteroatoms. The van der Waals surface area contributed by atoms with Crippen LogP contribution in [0, 0.1) is 0 Å². The van der Waals surface area contributed by atoms with Crippen molar-refractivity contribution in [3.8, 4) is 0 Å². The predicted octanol–water partition coefficient (Wildman–Crippen LogP) is 2.30. The molecule has 1 heterocycles. The van der Waals surface area contributed by atoms with E-state index < -0.39 is 0 Å². The summed E-state index contributed by atoms with van der Waals surface area (Å²) in [6, 6.07) is 7.64. The molecule has 2 rings (SSSR count). The number of benzene rings is 1. The van der Waals surface area contributed by atoms with Crippen molar-refractivity contribution in [1.82, 2.24) is 20.0 Å². The highest BCUT2D eigenvalue weighted by atomic mass is 16.2. The molecule has 0 bridgehead atoms. The molecule has 0 spiro atoms. The van der Waals surface area contributed by atoms with E-state index in [1.165, 1.54) is 0 Å². The van der Waals surface area contributed by atoms with Crippen LogP contribution in [0.15, 0.2) is 36.7 Å². The fourth-order valence-corrected chi connectivity index (χ4v) is 2.65. The van der Waals surface area contributed by atoms with Crippen molar-refractivity contribution in [2.24, 2.45) is 7.05 Å². The number of nitrogens with zero attached hydrogens (tertiary/aromatic N) is 4. The standard InChI is InChI=1S/C18H28N6O/c1-6-23(4)16-10-8-7-9-15(16)21-18(25)19-12-17(22(2)3)14-11-20-24(5)13-14/h7-11,13,17H,6,12H2,1-5H3,(H2,19,21,25). The Morgan fingerprint density at radius 1 is 1.28 bits per heavy atom. The zero-order valence-electron chi connectivity index (χ0n) is 15.7. The van der Waals surface area contributed by atoms with Gasteiger partial charge in [0.15, 0.2) is 0 Å². The van der Waals surface area contributed by atoms with Crippen LogP contribution in [-0.2, 0) is 7.05 Å². The van der Waals surface area contributed by atoms with E-state index >= 15 is 0 Å². The molecule has 0 radical (unpaired) electrons. The minimum absolute atomic E-state index is 0.0630. The smallest absolute Gasteiger partial charge is 0.319 e. The molecule has 2 aromatic rings. The second-order valence-corrected chi connectivity index (χ2v) is 6.29. The van der Waals surface area contributed by atoms with Crippen LogP contribution in [0.3, 0.4) is 0 Å². The van der Waals surface area contributed by atoms with E-state index in [0.717, 1.165) is 23.5 Å². The second-order valence-electron chi connectivity index (χ2n) is 6.29. The van der Waals surface area contributed by atoms with Gasteiger partial charge in [0, 0.05) is 38.9 Å². The highest BCUT2D eigenvalue weighted by Gasteiger charge is 2.17. The maximum Gasteiger partial charge on any atom is 0.319 e. The molecule has 1 aromatic heterocycles. The first-order valence-corrected chi connectivity index (χ1v) is 8.42. The van der Waals surface area contributed by atoms with Gasteiger partial charge in [0.25, 0.3) is 0 Å². The molecule has 0 saturated heterocycles. The van der Waals surface area contributed by atoms with Gasteiger partial charge in [-0.25, -0.2) is 4.79 Å². The van der Waals surface area contributed by atoms with Crippen LogP contribution in [-0.4, -0.2) is 54.9 Å². The largest absolute Gasteiger partial charge is 0.373 e. The maximum absolute atomic E-state index is 12.4. The Morgan fingerprint density at radius 2 is 2.00 bits per heavy atom. The van der Waals surface area contributed by atoms with Gasteiger partial charge in [-0.15, -0.1) is 0 Å². The van der Waals surface area contributed by atoms with Gasteiger partial charge in [-0.3, -0.25) is 4.68 Å². The number of nitrogens with one attached hydrogen (secondary N) is 2. The minimum atomic E-state index is -0.215. The Bertz CT molecular complexity index is 696. The molecule has 0 saturated carbocycles. The molecule has 1 aromatic carbocycles. The third-order valence-electron chi connectivity index (χ3n) is 4.23. The fraction of sp³-hybridized carbons (Fsp3) is 0.444. The molecule has 0 aliphatic rings. The zero-order chi connectivity index (χ0) is 18.4. The van der Waals surface area contributed by atoms with Crippen LogP contribution in [0.2, 0.25) is 0 Å². The third-order valence-corrected chi connectivity index (χ3v) is 4.23. The van der Waals surface area contributed by atoms with Gasteiger partial charge < -0.3 is 20.4 Å². The number of aryl methyl sites for hydroxylation is 1. The van der Waals surface area contributed by atoms with Gasteiger partial charge in [0.2, 0.25) is 0 Å². The summed E-state index contributed by atoms with van der Waals surface area (Å²) in [5, 5.41) is 10.1. The highest BCUT2D eigenvalue weighted by molar-refractivity contribution is 5.93. The lowest BCUT2D eigenvalue weighted by atomic mass is 10.1. The summed E-state index contributed by atoms with van der Waals surface area (Å²) < 4.78 is 1.77.